The maximum Gasteiger partial charge on any atom is 0.469 e. The minimum Gasteiger partial charge on any atom is -0.493 e. The molecular formula is C24H19ClF4N2O4. The molecule has 3 rings (SSSR count). The van der Waals surface area contributed by atoms with Crippen LogP contribution in [0, 0.1) is 6.92 Å². The van der Waals surface area contributed by atoms with E-state index in [9.17, 15) is 27.2 Å². The van der Waals surface area contributed by atoms with Crippen molar-refractivity contribution in [2.45, 2.75) is 19.0 Å². The summed E-state index contributed by atoms with van der Waals surface area (Å²) in [6, 6.07) is 13.0. The first-order valence-electron chi connectivity index (χ1n) is 10.0. The van der Waals surface area contributed by atoms with Crippen LogP contribution in [-0.2, 0) is 5.92 Å². The van der Waals surface area contributed by atoms with Crippen molar-refractivity contribution in [1.29, 1.82) is 0 Å². The molecular weight excluding hydrogens is 492 g/mol. The van der Waals surface area contributed by atoms with Crippen LogP contribution in [0.1, 0.15) is 21.5 Å². The summed E-state index contributed by atoms with van der Waals surface area (Å²) in [5, 5.41) is 4.49. The number of hydrogen-bond donors (Lipinski definition) is 2. The van der Waals surface area contributed by atoms with Crippen LogP contribution < -0.4 is 20.1 Å². The molecule has 0 atom stereocenters. The van der Waals surface area contributed by atoms with Crippen molar-refractivity contribution in [3.8, 4) is 11.5 Å². The number of benzene rings is 3. The molecule has 3 aromatic rings. The Hall–Kier alpha value is -3.79. The van der Waals surface area contributed by atoms with E-state index in [1.165, 1.54) is 37.3 Å². The highest BCUT2D eigenvalue weighted by molar-refractivity contribution is 6.34. The van der Waals surface area contributed by atoms with Crippen LogP contribution >= 0.6 is 11.6 Å². The van der Waals surface area contributed by atoms with Crippen LogP contribution in [0.4, 0.5) is 28.0 Å². The third kappa shape index (κ3) is 5.65. The molecule has 0 radical (unpaired) electrons. The second-order valence-corrected chi connectivity index (χ2v) is 7.67. The van der Waals surface area contributed by atoms with Gasteiger partial charge in [0.25, 0.3) is 5.91 Å². The van der Waals surface area contributed by atoms with Crippen molar-refractivity contribution < 1.29 is 36.6 Å². The predicted octanol–water partition coefficient (Wildman–Crippen LogP) is 6.38. The van der Waals surface area contributed by atoms with E-state index in [1.54, 1.807) is 12.1 Å². The van der Waals surface area contributed by atoms with Crippen molar-refractivity contribution in [2.75, 3.05) is 12.4 Å². The summed E-state index contributed by atoms with van der Waals surface area (Å²) < 4.78 is 67.7. The first-order chi connectivity index (χ1) is 16.5. The Labute approximate surface area is 202 Å². The molecule has 0 fully saturated rings. The minimum atomic E-state index is -4.93. The molecule has 0 bridgehead atoms. The number of urea groups is 1. The molecule has 11 heteroatoms. The number of alkyl halides is 4. The highest BCUT2D eigenvalue weighted by Crippen LogP contribution is 2.46. The number of carbonyl (C=O) groups is 2. The van der Waals surface area contributed by atoms with E-state index in [1.807, 2.05) is 0 Å². The molecule has 0 saturated carbocycles. The van der Waals surface area contributed by atoms with Crippen LogP contribution in [0.5, 0.6) is 11.5 Å². The Morgan fingerprint density at radius 2 is 1.57 bits per heavy atom. The van der Waals surface area contributed by atoms with Gasteiger partial charge in [-0.15, -0.1) is 0 Å². The van der Waals surface area contributed by atoms with Gasteiger partial charge in [-0.2, -0.15) is 17.6 Å². The molecule has 0 aliphatic carbocycles. The van der Waals surface area contributed by atoms with E-state index in [2.05, 4.69) is 15.4 Å². The van der Waals surface area contributed by atoms with Crippen LogP contribution in [0.25, 0.3) is 0 Å². The fraction of sp³-hybridized carbons (Fsp3) is 0.167. The Kier molecular flexibility index (Phi) is 7.54. The zero-order chi connectivity index (χ0) is 25.8. The van der Waals surface area contributed by atoms with Crippen molar-refractivity contribution >= 4 is 29.2 Å². The average molecular weight is 511 g/mol. The van der Waals surface area contributed by atoms with Gasteiger partial charge in [-0.05, 0) is 36.8 Å². The number of imide groups is 1. The number of hydrogen-bond acceptors (Lipinski definition) is 4. The van der Waals surface area contributed by atoms with Gasteiger partial charge < -0.3 is 14.8 Å². The van der Waals surface area contributed by atoms with Crippen LogP contribution in [0.3, 0.4) is 0 Å². The number of aryl methyl sites for hydroxylation is 1. The molecule has 3 amide bonds. The maximum absolute atomic E-state index is 14.6. The highest BCUT2D eigenvalue weighted by Gasteiger charge is 2.61. The SMILES string of the molecule is COc1cc(NC(=O)NC(=O)c2ccccc2Cl)ccc1OC(F)(F)C(F)(F)c1ccccc1C. The molecule has 0 heterocycles. The number of halogens is 5. The predicted molar refractivity (Wildman–Crippen MR) is 122 cm³/mol. The lowest BCUT2D eigenvalue weighted by Gasteiger charge is -2.28. The lowest BCUT2D eigenvalue weighted by Crippen LogP contribution is -2.43. The lowest BCUT2D eigenvalue weighted by molar-refractivity contribution is -0.316. The fourth-order valence-corrected chi connectivity index (χ4v) is 3.31. The number of methoxy groups -OCH3 is 1. The summed E-state index contributed by atoms with van der Waals surface area (Å²) in [4.78, 5) is 24.3. The summed E-state index contributed by atoms with van der Waals surface area (Å²) in [5.41, 5.74) is -0.859. The van der Waals surface area contributed by atoms with Gasteiger partial charge in [0.15, 0.2) is 11.5 Å². The largest absolute Gasteiger partial charge is 0.493 e. The van der Waals surface area contributed by atoms with E-state index < -0.39 is 35.3 Å². The fourth-order valence-electron chi connectivity index (χ4n) is 3.09. The van der Waals surface area contributed by atoms with Gasteiger partial charge in [-0.3, -0.25) is 10.1 Å². The number of nitrogens with one attached hydrogen (secondary N) is 2. The Balaban J connectivity index is 1.75. The third-order valence-electron chi connectivity index (χ3n) is 4.85. The van der Waals surface area contributed by atoms with Gasteiger partial charge in [-0.1, -0.05) is 48.0 Å². The summed E-state index contributed by atoms with van der Waals surface area (Å²) in [6.07, 6.45) is -4.93. The van der Waals surface area contributed by atoms with Gasteiger partial charge in [0, 0.05) is 17.3 Å². The molecule has 6 nitrogen and oxygen atoms in total. The Bertz CT molecular complexity index is 1250. The number of rotatable bonds is 7. The van der Waals surface area contributed by atoms with Crippen molar-refractivity contribution in [1.82, 2.24) is 5.32 Å². The molecule has 0 aliphatic heterocycles. The van der Waals surface area contributed by atoms with Crippen LogP contribution in [-0.4, -0.2) is 25.2 Å². The van der Waals surface area contributed by atoms with Crippen molar-refractivity contribution in [2.24, 2.45) is 0 Å². The van der Waals surface area contributed by atoms with E-state index in [-0.39, 0.29) is 27.6 Å². The van der Waals surface area contributed by atoms with Crippen molar-refractivity contribution in [3.05, 3.63) is 88.4 Å². The lowest BCUT2D eigenvalue weighted by atomic mass is 10.0. The number of anilines is 1. The molecule has 35 heavy (non-hydrogen) atoms. The molecule has 3 aromatic carbocycles. The summed E-state index contributed by atoms with van der Waals surface area (Å²) in [6.45, 7) is 1.28. The van der Waals surface area contributed by atoms with Gasteiger partial charge in [-0.25, -0.2) is 4.79 Å². The van der Waals surface area contributed by atoms with Gasteiger partial charge >= 0.3 is 18.1 Å². The van der Waals surface area contributed by atoms with E-state index in [0.717, 1.165) is 31.4 Å². The van der Waals surface area contributed by atoms with Gasteiger partial charge in [0.05, 0.1) is 17.7 Å². The Morgan fingerprint density at radius 3 is 2.23 bits per heavy atom. The van der Waals surface area contributed by atoms with Crippen LogP contribution in [0.15, 0.2) is 66.7 Å². The van der Waals surface area contributed by atoms with Crippen molar-refractivity contribution in [3.63, 3.8) is 0 Å². The summed E-state index contributed by atoms with van der Waals surface area (Å²) in [7, 11) is 1.10. The quantitative estimate of drug-likeness (QED) is 0.361. The monoisotopic (exact) mass is 510 g/mol. The molecule has 0 saturated heterocycles. The average Bonchev–Trinajstić information content (AvgIpc) is 2.80. The third-order valence-corrected chi connectivity index (χ3v) is 5.18. The first kappa shape index (κ1) is 25.8. The smallest absolute Gasteiger partial charge is 0.469 e. The molecule has 184 valence electrons. The van der Waals surface area contributed by atoms with Gasteiger partial charge in [0.2, 0.25) is 0 Å². The Morgan fingerprint density at radius 1 is 0.914 bits per heavy atom. The maximum atomic E-state index is 14.6. The van der Waals surface area contributed by atoms with E-state index in [4.69, 9.17) is 16.3 Å². The summed E-state index contributed by atoms with van der Waals surface area (Å²) >= 11 is 5.91. The topological polar surface area (TPSA) is 76.7 Å². The highest BCUT2D eigenvalue weighted by atomic mass is 35.5. The van der Waals surface area contributed by atoms with Gasteiger partial charge in [0.1, 0.15) is 0 Å². The molecule has 0 aromatic heterocycles. The first-order valence-corrected chi connectivity index (χ1v) is 10.4. The normalized spacial score (nSPS) is 11.5. The zero-order valence-electron chi connectivity index (χ0n) is 18.4. The standard InChI is InChI=1S/C24H19ClF4N2O4/c1-14-7-3-5-9-17(14)23(26,27)24(28,29)35-19-12-11-15(13-20(19)34-2)30-22(33)31-21(32)16-8-4-6-10-18(16)25/h3-13H,1-2H3,(H2,30,31,32,33). The van der Waals surface area contributed by atoms with E-state index in [0.29, 0.717) is 0 Å². The number of ether oxygens (including phenoxy) is 2. The second kappa shape index (κ2) is 10.2. The molecule has 0 spiro atoms. The summed E-state index contributed by atoms with van der Waals surface area (Å²) in [5.74, 6) is -6.48. The van der Waals surface area contributed by atoms with E-state index >= 15 is 0 Å². The zero-order valence-corrected chi connectivity index (χ0v) is 19.1. The number of amides is 3. The molecule has 0 unspecified atom stereocenters. The minimum absolute atomic E-state index is 0.00707. The number of carbonyl (C=O) groups excluding carboxylic acids is 2. The molecule has 0 aliphatic rings. The second-order valence-electron chi connectivity index (χ2n) is 7.26. The van der Waals surface area contributed by atoms with Crippen LogP contribution in [0.2, 0.25) is 5.02 Å². The molecule has 2 N–H and O–H groups in total.